The van der Waals surface area contributed by atoms with E-state index in [-0.39, 0.29) is 18.7 Å². The van der Waals surface area contributed by atoms with Crippen LogP contribution in [0.4, 0.5) is 0 Å². The van der Waals surface area contributed by atoms with Crippen LogP contribution in [0, 0.1) is 0 Å². The standard InChI is InChI=1S/C18H22N4O6/c1-21-11-19-7-13(21)16(24)20-8-14-15(23)18(26,10-28-14)9-22(27)17(25)12-5-3-2-4-6-12/h2-7,11,14-15,23,26-27H,8-10H2,1H3,(H,20,24)/t14-,15-,18+/m1/s1. The van der Waals surface area contributed by atoms with Crippen molar-refractivity contribution in [3.8, 4) is 0 Å². The zero-order valence-corrected chi connectivity index (χ0v) is 15.2. The summed E-state index contributed by atoms with van der Waals surface area (Å²) in [5, 5.41) is 34.0. The quantitative estimate of drug-likeness (QED) is 0.373. The normalized spacial score (nSPS) is 24.1. The van der Waals surface area contributed by atoms with Gasteiger partial charge in [-0.1, -0.05) is 18.2 Å². The summed E-state index contributed by atoms with van der Waals surface area (Å²) in [5.41, 5.74) is -1.30. The highest BCUT2D eigenvalue weighted by Gasteiger charge is 2.49. The van der Waals surface area contributed by atoms with Gasteiger partial charge in [-0.15, -0.1) is 0 Å². The van der Waals surface area contributed by atoms with E-state index in [0.717, 1.165) is 0 Å². The van der Waals surface area contributed by atoms with E-state index in [1.807, 2.05) is 0 Å². The highest BCUT2D eigenvalue weighted by Crippen LogP contribution is 2.26. The maximum atomic E-state index is 12.2. The molecule has 3 atom stereocenters. The second-order valence-electron chi connectivity index (χ2n) is 6.73. The summed E-state index contributed by atoms with van der Waals surface area (Å²) in [6.07, 6.45) is 0.560. The van der Waals surface area contributed by atoms with Gasteiger partial charge in [0.05, 0.1) is 25.7 Å². The fourth-order valence-corrected chi connectivity index (χ4v) is 3.00. The lowest BCUT2D eigenvalue weighted by atomic mass is 9.96. The Morgan fingerprint density at radius 2 is 2.11 bits per heavy atom. The lowest BCUT2D eigenvalue weighted by molar-refractivity contribution is -0.133. The zero-order chi connectivity index (χ0) is 20.3. The van der Waals surface area contributed by atoms with Crippen LogP contribution in [0.3, 0.4) is 0 Å². The molecule has 0 aliphatic carbocycles. The smallest absolute Gasteiger partial charge is 0.277 e. The fourth-order valence-electron chi connectivity index (χ4n) is 3.00. The van der Waals surface area contributed by atoms with Gasteiger partial charge in [-0.3, -0.25) is 14.8 Å². The number of rotatable bonds is 6. The first-order chi connectivity index (χ1) is 13.3. The molecule has 10 nitrogen and oxygen atoms in total. The molecule has 1 aromatic heterocycles. The minimum Gasteiger partial charge on any atom is -0.387 e. The highest BCUT2D eigenvalue weighted by molar-refractivity contribution is 5.93. The second-order valence-corrected chi connectivity index (χ2v) is 6.73. The Hall–Kier alpha value is -2.79. The van der Waals surface area contributed by atoms with Gasteiger partial charge < -0.3 is 24.8 Å². The van der Waals surface area contributed by atoms with E-state index in [2.05, 4.69) is 10.3 Å². The molecule has 10 heteroatoms. The van der Waals surface area contributed by atoms with Crippen LogP contribution in [0.5, 0.6) is 0 Å². The predicted octanol–water partition coefficient (Wildman–Crippen LogP) is -0.828. The van der Waals surface area contributed by atoms with Crippen molar-refractivity contribution in [2.75, 3.05) is 19.7 Å². The molecule has 0 unspecified atom stereocenters. The molecular formula is C18H22N4O6. The Morgan fingerprint density at radius 1 is 1.39 bits per heavy atom. The Bertz CT molecular complexity index is 842. The van der Waals surface area contributed by atoms with E-state index >= 15 is 0 Å². The molecule has 3 rings (SSSR count). The number of amides is 2. The molecule has 150 valence electrons. The van der Waals surface area contributed by atoms with E-state index in [4.69, 9.17) is 4.74 Å². The van der Waals surface area contributed by atoms with Gasteiger partial charge in [-0.05, 0) is 12.1 Å². The SMILES string of the molecule is Cn1cncc1C(=O)NC[C@H]1OC[C@@](O)(CN(O)C(=O)c2ccccc2)[C@@H]1O. The van der Waals surface area contributed by atoms with E-state index in [1.165, 1.54) is 29.2 Å². The van der Waals surface area contributed by atoms with Crippen LogP contribution in [-0.4, -0.2) is 79.4 Å². The minimum absolute atomic E-state index is 0.0639. The summed E-state index contributed by atoms with van der Waals surface area (Å²) >= 11 is 0. The predicted molar refractivity (Wildman–Crippen MR) is 95.5 cm³/mol. The van der Waals surface area contributed by atoms with Gasteiger partial charge in [0.15, 0.2) is 0 Å². The molecule has 0 bridgehead atoms. The fraction of sp³-hybridized carbons (Fsp3) is 0.389. The third-order valence-electron chi connectivity index (χ3n) is 4.64. The van der Waals surface area contributed by atoms with Crippen molar-refractivity contribution >= 4 is 11.8 Å². The Labute approximate surface area is 160 Å². The number of aliphatic hydroxyl groups excluding tert-OH is 1. The van der Waals surface area contributed by atoms with Crippen molar-refractivity contribution in [3.05, 3.63) is 54.1 Å². The van der Waals surface area contributed by atoms with Gasteiger partial charge in [0, 0.05) is 19.2 Å². The number of hydrogen-bond donors (Lipinski definition) is 4. The number of aliphatic hydroxyl groups is 2. The number of hydrogen-bond acceptors (Lipinski definition) is 7. The number of hydroxylamine groups is 2. The van der Waals surface area contributed by atoms with Gasteiger partial charge in [-0.25, -0.2) is 10.0 Å². The maximum Gasteiger partial charge on any atom is 0.277 e. The Kier molecular flexibility index (Phi) is 5.75. The number of carbonyl (C=O) groups is 2. The Balaban J connectivity index is 1.57. The van der Waals surface area contributed by atoms with Crippen molar-refractivity contribution < 1.29 is 29.7 Å². The Morgan fingerprint density at radius 3 is 2.75 bits per heavy atom. The van der Waals surface area contributed by atoms with E-state index in [0.29, 0.717) is 10.8 Å². The molecule has 0 radical (unpaired) electrons. The molecule has 1 aliphatic rings. The van der Waals surface area contributed by atoms with Crippen molar-refractivity contribution in [3.63, 3.8) is 0 Å². The molecule has 0 spiro atoms. The second kappa shape index (κ2) is 8.07. The third-order valence-corrected chi connectivity index (χ3v) is 4.64. The zero-order valence-electron chi connectivity index (χ0n) is 15.2. The lowest BCUT2D eigenvalue weighted by Crippen LogP contribution is -2.54. The van der Waals surface area contributed by atoms with E-state index in [9.17, 15) is 25.0 Å². The van der Waals surface area contributed by atoms with Crippen molar-refractivity contribution in [2.45, 2.75) is 17.8 Å². The summed E-state index contributed by atoms with van der Waals surface area (Å²) in [7, 11) is 1.67. The van der Waals surface area contributed by atoms with Crippen LogP contribution in [0.15, 0.2) is 42.9 Å². The molecule has 1 aromatic carbocycles. The van der Waals surface area contributed by atoms with Gasteiger partial charge in [0.1, 0.15) is 23.5 Å². The van der Waals surface area contributed by atoms with Crippen LogP contribution in [-0.2, 0) is 11.8 Å². The first kappa shape index (κ1) is 20.0. The number of ether oxygens (including phenoxy) is 1. The molecule has 2 heterocycles. The number of carbonyl (C=O) groups excluding carboxylic acids is 2. The molecule has 1 aliphatic heterocycles. The maximum absolute atomic E-state index is 12.2. The summed E-state index contributed by atoms with van der Waals surface area (Å²) in [6.45, 7) is -0.917. The number of aromatic nitrogens is 2. The van der Waals surface area contributed by atoms with Crippen LogP contribution in [0.1, 0.15) is 20.8 Å². The van der Waals surface area contributed by atoms with E-state index < -0.39 is 36.2 Å². The summed E-state index contributed by atoms with van der Waals surface area (Å²) in [6, 6.07) is 8.06. The van der Waals surface area contributed by atoms with Gasteiger partial charge >= 0.3 is 0 Å². The first-order valence-corrected chi connectivity index (χ1v) is 8.64. The molecule has 1 fully saturated rings. The van der Waals surface area contributed by atoms with Gasteiger partial charge in [0.25, 0.3) is 11.8 Å². The van der Waals surface area contributed by atoms with E-state index in [1.54, 1.807) is 25.2 Å². The van der Waals surface area contributed by atoms with Crippen molar-refractivity contribution in [1.82, 2.24) is 19.9 Å². The van der Waals surface area contributed by atoms with Crippen LogP contribution >= 0.6 is 0 Å². The molecule has 0 saturated carbocycles. The van der Waals surface area contributed by atoms with Gasteiger partial charge in [0.2, 0.25) is 0 Å². The molecular weight excluding hydrogens is 368 g/mol. The summed E-state index contributed by atoms with van der Waals surface area (Å²) in [4.78, 5) is 28.2. The average molecular weight is 390 g/mol. The third kappa shape index (κ3) is 4.04. The number of benzene rings is 1. The average Bonchev–Trinajstić information content (AvgIpc) is 3.24. The summed E-state index contributed by atoms with van der Waals surface area (Å²) < 4.78 is 6.92. The molecule has 2 aromatic rings. The first-order valence-electron chi connectivity index (χ1n) is 8.64. The van der Waals surface area contributed by atoms with Crippen molar-refractivity contribution in [2.24, 2.45) is 7.05 Å². The van der Waals surface area contributed by atoms with Crippen LogP contribution in [0.25, 0.3) is 0 Å². The number of aryl methyl sites for hydroxylation is 1. The number of nitrogens with zero attached hydrogens (tertiary/aromatic N) is 3. The lowest BCUT2D eigenvalue weighted by Gasteiger charge is -2.29. The van der Waals surface area contributed by atoms with Gasteiger partial charge in [-0.2, -0.15) is 0 Å². The minimum atomic E-state index is -1.87. The van der Waals surface area contributed by atoms with Crippen molar-refractivity contribution in [1.29, 1.82) is 0 Å². The van der Waals surface area contributed by atoms with Crippen LogP contribution < -0.4 is 5.32 Å². The number of nitrogens with one attached hydrogen (secondary N) is 1. The van der Waals surface area contributed by atoms with Crippen LogP contribution in [0.2, 0.25) is 0 Å². The topological polar surface area (TPSA) is 137 Å². The highest BCUT2D eigenvalue weighted by atomic mass is 16.5. The largest absolute Gasteiger partial charge is 0.387 e. The molecule has 4 N–H and O–H groups in total. The molecule has 28 heavy (non-hydrogen) atoms. The monoisotopic (exact) mass is 390 g/mol. The molecule has 1 saturated heterocycles. The number of imidazole rings is 1. The molecule has 2 amide bonds. The summed E-state index contributed by atoms with van der Waals surface area (Å²) in [5.74, 6) is -1.12.